The minimum absolute atomic E-state index is 0.981. The molecule has 0 aliphatic heterocycles. The predicted octanol–water partition coefficient (Wildman–Crippen LogP) is 17.7. The summed E-state index contributed by atoms with van der Waals surface area (Å²) in [6.45, 7) is 24.1. The Kier molecular flexibility index (Phi) is 33.2. The molecule has 0 bridgehead atoms. The maximum atomic E-state index is 2.38. The maximum Gasteiger partial charge on any atom is 0.0814 e. The lowest BCUT2D eigenvalue weighted by atomic mass is 9.14. The summed E-state index contributed by atoms with van der Waals surface area (Å²) in [5, 5.41) is 0. The molecule has 3 aromatic rings. The highest BCUT2D eigenvalue weighted by Crippen LogP contribution is 2.22. The zero-order valence-corrected chi connectivity index (χ0v) is 43.7. The van der Waals surface area contributed by atoms with Gasteiger partial charge in [0, 0.05) is 0 Å². The van der Waals surface area contributed by atoms with Crippen LogP contribution in [0.3, 0.4) is 0 Å². The fourth-order valence-corrected chi connectivity index (χ4v) is 10.6. The highest BCUT2D eigenvalue weighted by Gasteiger charge is 2.30. The number of hydrogen-bond donors (Lipinski definition) is 0. The molecule has 358 valence electrons. The molecule has 0 unspecified atom stereocenters. The number of rotatable bonds is 38. The lowest BCUT2D eigenvalue weighted by molar-refractivity contribution is -0.929. The Hall–Kier alpha value is -2.32. The molecule has 2 heteroatoms. The van der Waals surface area contributed by atoms with Gasteiger partial charge in [0.1, 0.15) is 0 Å². The van der Waals surface area contributed by atoms with Gasteiger partial charge in [-0.2, -0.15) is 22.7 Å². The van der Waals surface area contributed by atoms with Crippen LogP contribution in [0.4, 0.5) is 0 Å². The van der Waals surface area contributed by atoms with Gasteiger partial charge in [-0.1, -0.05) is 265 Å². The van der Waals surface area contributed by atoms with Crippen LogP contribution in [0.2, 0.25) is 6.32 Å². The third kappa shape index (κ3) is 24.2. The van der Waals surface area contributed by atoms with E-state index >= 15 is 0 Å². The second-order valence-corrected chi connectivity index (χ2v) is 20.6. The van der Waals surface area contributed by atoms with Crippen molar-refractivity contribution in [2.75, 3.05) is 26.2 Å². The van der Waals surface area contributed by atoms with E-state index in [0.717, 1.165) is 0 Å². The molecule has 0 saturated heterocycles. The van der Waals surface area contributed by atoms with Crippen molar-refractivity contribution in [3.8, 4) is 0 Å². The first-order valence-electron chi connectivity index (χ1n) is 28.0. The van der Waals surface area contributed by atoms with Gasteiger partial charge in [0.15, 0.2) is 0 Å². The third-order valence-electron chi connectivity index (χ3n) is 14.9. The van der Waals surface area contributed by atoms with Gasteiger partial charge in [-0.15, -0.1) is 0 Å². The molecule has 0 aliphatic carbocycles. The van der Waals surface area contributed by atoms with E-state index in [2.05, 4.69) is 128 Å². The standard InChI is InChI=1S/C32H68N.C29H38B/c1-5-9-13-17-21-25-29-33(30-26-22-18-14-10-6-2,31-27-23-19-15-11-7-3)32-28-24-20-16-12-8-4;1-5-6-7-8-9-10-23-30(27-17-11-24(2)12-18-27,28-19-13-25(3)14-20-28)29-21-15-26(4)16-22-29/h5-32H2,1-4H3;11-22H,5-10,23H2,1-4H3/q+1;-1. The predicted molar refractivity (Wildman–Crippen MR) is 290 cm³/mol. The Balaban J connectivity index is 0.000000434. The first kappa shape index (κ1) is 56.8. The number of hydrogen-bond acceptors (Lipinski definition) is 0. The Morgan fingerprint density at radius 1 is 0.270 bits per heavy atom. The zero-order valence-electron chi connectivity index (χ0n) is 43.7. The van der Waals surface area contributed by atoms with Crippen LogP contribution in [0.15, 0.2) is 72.8 Å². The highest BCUT2D eigenvalue weighted by atomic mass is 15.3. The van der Waals surface area contributed by atoms with E-state index in [4.69, 9.17) is 0 Å². The molecule has 0 N–H and O–H groups in total. The van der Waals surface area contributed by atoms with Crippen LogP contribution < -0.4 is 16.4 Å². The lowest BCUT2D eigenvalue weighted by Gasteiger charge is -2.43. The second kappa shape index (κ2) is 36.9. The molecule has 0 spiro atoms. The summed E-state index contributed by atoms with van der Waals surface area (Å²) in [5.41, 5.74) is 8.41. The number of nitrogens with zero attached hydrogens (tertiary/aromatic N) is 1. The molecular formula is C61H106BN. The number of quaternary nitrogens is 1. The number of unbranched alkanes of at least 4 members (excludes halogenated alkanes) is 25. The normalized spacial score (nSPS) is 11.8. The lowest BCUT2D eigenvalue weighted by Crippen LogP contribution is -2.67. The maximum absolute atomic E-state index is 2.38. The average molecular weight is 864 g/mol. The molecule has 1 nitrogen and oxygen atoms in total. The van der Waals surface area contributed by atoms with Crippen molar-refractivity contribution >= 4 is 22.5 Å². The van der Waals surface area contributed by atoms with E-state index in [9.17, 15) is 0 Å². The molecule has 0 fully saturated rings. The van der Waals surface area contributed by atoms with Crippen LogP contribution in [0.25, 0.3) is 0 Å². The molecule has 63 heavy (non-hydrogen) atoms. The number of benzene rings is 3. The fraction of sp³-hybridized carbons (Fsp3) is 0.705. The van der Waals surface area contributed by atoms with Crippen molar-refractivity contribution in [1.82, 2.24) is 0 Å². The topological polar surface area (TPSA) is 0 Å². The average Bonchev–Trinajstić information content (AvgIpc) is 3.29. The number of aryl methyl sites for hydroxylation is 3. The first-order chi connectivity index (χ1) is 30.8. The monoisotopic (exact) mass is 864 g/mol. The Labute approximate surface area is 395 Å². The van der Waals surface area contributed by atoms with Crippen LogP contribution in [0.5, 0.6) is 0 Å². The third-order valence-corrected chi connectivity index (χ3v) is 14.9. The Morgan fingerprint density at radius 2 is 0.476 bits per heavy atom. The van der Waals surface area contributed by atoms with Crippen LogP contribution in [-0.2, 0) is 0 Å². The van der Waals surface area contributed by atoms with E-state index in [1.54, 1.807) is 0 Å². The van der Waals surface area contributed by atoms with Gasteiger partial charge >= 0.3 is 0 Å². The van der Waals surface area contributed by atoms with E-state index in [1.807, 2.05) is 0 Å². The summed E-state index contributed by atoms with van der Waals surface area (Å²) in [6, 6.07) is 28.0. The molecule has 0 aliphatic rings. The molecule has 3 rings (SSSR count). The largest absolute Gasteiger partial charge is 0.324 e. The summed E-state index contributed by atoms with van der Waals surface area (Å²) < 4.78 is 1.48. The van der Waals surface area contributed by atoms with Crippen molar-refractivity contribution in [2.24, 2.45) is 0 Å². The van der Waals surface area contributed by atoms with Crippen molar-refractivity contribution < 1.29 is 4.48 Å². The minimum atomic E-state index is -0.981. The van der Waals surface area contributed by atoms with E-state index < -0.39 is 6.15 Å². The first-order valence-corrected chi connectivity index (χ1v) is 28.0. The summed E-state index contributed by atoms with van der Waals surface area (Å²) in [7, 11) is 0. The van der Waals surface area contributed by atoms with Crippen LogP contribution in [0, 0.1) is 20.8 Å². The van der Waals surface area contributed by atoms with Crippen molar-refractivity contribution in [2.45, 2.75) is 254 Å². The molecule has 0 saturated carbocycles. The summed E-state index contributed by atoms with van der Waals surface area (Å²) in [4.78, 5) is 0. The second-order valence-electron chi connectivity index (χ2n) is 20.6. The van der Waals surface area contributed by atoms with Gasteiger partial charge in [-0.25, -0.2) is 0 Å². The quantitative estimate of drug-likeness (QED) is 0.0306. The minimum Gasteiger partial charge on any atom is -0.324 e. The molecule has 0 radical (unpaired) electrons. The Morgan fingerprint density at radius 3 is 0.714 bits per heavy atom. The fourth-order valence-electron chi connectivity index (χ4n) is 10.6. The van der Waals surface area contributed by atoms with Crippen LogP contribution >= 0.6 is 0 Å². The SMILES string of the molecule is CCCCCCCC[B-](c1ccc(C)cc1)(c1ccc(C)cc1)c1ccc(C)cc1.CCCCCCCC[N+](CCCCCCCC)(CCCCCCCC)CCCCCCCC. The van der Waals surface area contributed by atoms with Gasteiger partial charge in [-0.05, 0) is 72.1 Å². The van der Waals surface area contributed by atoms with Gasteiger partial charge in [0.2, 0.25) is 0 Å². The molecule has 0 atom stereocenters. The van der Waals surface area contributed by atoms with E-state index in [0.29, 0.717) is 0 Å². The van der Waals surface area contributed by atoms with Crippen molar-refractivity contribution in [3.05, 3.63) is 89.5 Å². The molecule has 0 heterocycles. The summed E-state index contributed by atoms with van der Waals surface area (Å²) in [5.74, 6) is 0. The molecular weight excluding hydrogens is 757 g/mol. The van der Waals surface area contributed by atoms with E-state index in [-0.39, 0.29) is 0 Å². The molecule has 0 amide bonds. The zero-order chi connectivity index (χ0) is 45.7. The van der Waals surface area contributed by atoms with Gasteiger partial charge in [0.25, 0.3) is 0 Å². The Bertz CT molecular complexity index is 1260. The van der Waals surface area contributed by atoms with Gasteiger partial charge < -0.3 is 4.48 Å². The summed E-state index contributed by atoms with van der Waals surface area (Å²) >= 11 is 0. The van der Waals surface area contributed by atoms with Crippen LogP contribution in [-0.4, -0.2) is 36.8 Å². The summed E-state index contributed by atoms with van der Waals surface area (Å²) in [6.07, 6.45) is 43.0. The van der Waals surface area contributed by atoms with E-state index in [1.165, 1.54) is 263 Å². The van der Waals surface area contributed by atoms with Crippen molar-refractivity contribution in [1.29, 1.82) is 0 Å². The molecule has 0 aromatic heterocycles. The smallest absolute Gasteiger partial charge is 0.0814 e. The van der Waals surface area contributed by atoms with Gasteiger partial charge in [-0.3, -0.25) is 0 Å². The van der Waals surface area contributed by atoms with Crippen LogP contribution in [0.1, 0.15) is 244 Å². The van der Waals surface area contributed by atoms with Crippen molar-refractivity contribution in [3.63, 3.8) is 0 Å². The molecule has 3 aromatic carbocycles. The van der Waals surface area contributed by atoms with Gasteiger partial charge in [0.05, 0.1) is 32.3 Å². The highest BCUT2D eigenvalue weighted by molar-refractivity contribution is 7.11.